The van der Waals surface area contributed by atoms with Crippen LogP contribution in [0.1, 0.15) is 55.2 Å². The van der Waals surface area contributed by atoms with E-state index in [1.54, 1.807) is 7.11 Å². The number of rotatable bonds is 5. The highest BCUT2D eigenvalue weighted by atomic mass is 16.5. The van der Waals surface area contributed by atoms with Gasteiger partial charge in [0.15, 0.2) is 0 Å². The van der Waals surface area contributed by atoms with Crippen LogP contribution >= 0.6 is 0 Å². The number of benzene rings is 1. The molecule has 0 radical (unpaired) electrons. The van der Waals surface area contributed by atoms with E-state index in [1.807, 2.05) is 0 Å². The van der Waals surface area contributed by atoms with Gasteiger partial charge < -0.3 is 14.4 Å². The zero-order valence-corrected chi connectivity index (χ0v) is 18.3. The molecule has 5 nitrogen and oxygen atoms in total. The molecule has 0 aliphatic carbocycles. The minimum absolute atomic E-state index is 0.260. The van der Waals surface area contributed by atoms with Gasteiger partial charge in [0.25, 0.3) is 0 Å². The molecule has 0 bridgehead atoms. The summed E-state index contributed by atoms with van der Waals surface area (Å²) in [5, 5.41) is 0. The maximum Gasteiger partial charge on any atom is 0.222 e. The summed E-state index contributed by atoms with van der Waals surface area (Å²) < 4.78 is 11.2. The third-order valence-electron chi connectivity index (χ3n) is 7.58. The van der Waals surface area contributed by atoms with Gasteiger partial charge in [-0.25, -0.2) is 0 Å². The second-order valence-electron chi connectivity index (χ2n) is 9.36. The molecule has 29 heavy (non-hydrogen) atoms. The Labute approximate surface area is 175 Å². The van der Waals surface area contributed by atoms with E-state index in [1.165, 1.54) is 29.5 Å². The molecule has 3 heterocycles. The van der Waals surface area contributed by atoms with Crippen molar-refractivity contribution in [3.8, 4) is 5.75 Å². The number of carbonyl (C=O) groups excluding carboxylic acids is 1. The molecule has 0 saturated carbocycles. The summed E-state index contributed by atoms with van der Waals surface area (Å²) in [6.45, 7) is 10.2. The fourth-order valence-corrected chi connectivity index (χ4v) is 5.38. The predicted octanol–water partition coefficient (Wildman–Crippen LogP) is 3.70. The second kappa shape index (κ2) is 8.65. The Morgan fingerprint density at radius 3 is 2.66 bits per heavy atom. The Morgan fingerprint density at radius 1 is 1.17 bits per heavy atom. The van der Waals surface area contributed by atoms with Crippen molar-refractivity contribution >= 4 is 5.91 Å². The highest BCUT2D eigenvalue weighted by molar-refractivity contribution is 5.77. The second-order valence-corrected chi connectivity index (χ2v) is 9.36. The topological polar surface area (TPSA) is 42.0 Å². The monoisotopic (exact) mass is 400 g/mol. The first-order chi connectivity index (χ1) is 14.0. The number of piperidine rings is 2. The fourth-order valence-electron chi connectivity index (χ4n) is 5.38. The number of ether oxygens (including phenoxy) is 2. The largest absolute Gasteiger partial charge is 0.496 e. The molecule has 0 aromatic heterocycles. The van der Waals surface area contributed by atoms with Gasteiger partial charge in [0.1, 0.15) is 5.75 Å². The number of likely N-dealkylation sites (tertiary alicyclic amines) is 2. The van der Waals surface area contributed by atoms with Crippen molar-refractivity contribution in [3.63, 3.8) is 0 Å². The average Bonchev–Trinajstić information content (AvgIpc) is 3.24. The Bertz CT molecular complexity index is 734. The summed E-state index contributed by atoms with van der Waals surface area (Å²) in [5.41, 5.74) is 4.30. The van der Waals surface area contributed by atoms with Crippen LogP contribution in [0.2, 0.25) is 0 Å². The van der Waals surface area contributed by atoms with Crippen LogP contribution in [0.25, 0.3) is 0 Å². The first kappa shape index (κ1) is 20.7. The van der Waals surface area contributed by atoms with Crippen LogP contribution in [-0.4, -0.2) is 61.7 Å². The molecule has 1 aromatic carbocycles. The van der Waals surface area contributed by atoms with Crippen LogP contribution in [0.15, 0.2) is 12.1 Å². The maximum atomic E-state index is 12.5. The van der Waals surface area contributed by atoms with Crippen LogP contribution in [0.3, 0.4) is 0 Å². The standard InChI is InChI=1S/C24H36N2O3/c1-18-19(2)22(28-3)7-6-20(18)15-25-12-10-24(11-13-25)9-8-23(27)26(17-24)16-21-5-4-14-29-21/h6-7,21H,4-5,8-17H2,1-3H3. The van der Waals surface area contributed by atoms with E-state index in [-0.39, 0.29) is 6.10 Å². The highest BCUT2D eigenvalue weighted by Crippen LogP contribution is 2.41. The molecule has 3 fully saturated rings. The first-order valence-electron chi connectivity index (χ1n) is 11.2. The summed E-state index contributed by atoms with van der Waals surface area (Å²) in [6.07, 6.45) is 6.65. The molecule has 1 spiro atoms. The van der Waals surface area contributed by atoms with Gasteiger partial charge in [0.05, 0.1) is 13.2 Å². The van der Waals surface area contributed by atoms with Gasteiger partial charge in [-0.05, 0) is 87.2 Å². The van der Waals surface area contributed by atoms with E-state index in [0.29, 0.717) is 17.7 Å². The third-order valence-corrected chi connectivity index (χ3v) is 7.58. The zero-order valence-electron chi connectivity index (χ0n) is 18.3. The van der Waals surface area contributed by atoms with Crippen molar-refractivity contribution in [1.82, 2.24) is 9.80 Å². The number of hydrogen-bond acceptors (Lipinski definition) is 4. The predicted molar refractivity (Wildman–Crippen MR) is 114 cm³/mol. The van der Waals surface area contributed by atoms with Gasteiger partial charge in [-0.15, -0.1) is 0 Å². The Hall–Kier alpha value is -1.59. The van der Waals surface area contributed by atoms with Crippen molar-refractivity contribution in [1.29, 1.82) is 0 Å². The number of carbonyl (C=O) groups is 1. The number of methoxy groups -OCH3 is 1. The minimum atomic E-state index is 0.260. The van der Waals surface area contributed by atoms with Crippen molar-refractivity contribution in [2.75, 3.05) is 39.9 Å². The lowest BCUT2D eigenvalue weighted by Gasteiger charge is -2.48. The summed E-state index contributed by atoms with van der Waals surface area (Å²) in [4.78, 5) is 17.2. The van der Waals surface area contributed by atoms with E-state index in [4.69, 9.17) is 9.47 Å². The molecule has 5 heteroatoms. The molecule has 1 amide bonds. The molecule has 3 aliphatic heterocycles. The molecule has 1 unspecified atom stereocenters. The highest BCUT2D eigenvalue weighted by Gasteiger charge is 2.41. The molecule has 4 rings (SSSR count). The van der Waals surface area contributed by atoms with Crippen molar-refractivity contribution in [2.24, 2.45) is 5.41 Å². The van der Waals surface area contributed by atoms with E-state index in [0.717, 1.165) is 64.3 Å². The third kappa shape index (κ3) is 4.46. The molecule has 160 valence electrons. The molecule has 3 saturated heterocycles. The SMILES string of the molecule is COc1ccc(CN2CCC3(CCC(=O)N(CC4CCCO4)C3)CC2)c(C)c1C. The van der Waals surface area contributed by atoms with Crippen LogP contribution in [0, 0.1) is 19.3 Å². The van der Waals surface area contributed by atoms with Crippen molar-refractivity contribution < 1.29 is 14.3 Å². The van der Waals surface area contributed by atoms with Gasteiger partial charge in [0.2, 0.25) is 5.91 Å². The quantitative estimate of drug-likeness (QED) is 0.756. The molecule has 3 aliphatic rings. The Balaban J connectivity index is 1.35. The van der Waals surface area contributed by atoms with Crippen molar-refractivity contribution in [2.45, 2.75) is 65.0 Å². The number of amides is 1. The summed E-state index contributed by atoms with van der Waals surface area (Å²) >= 11 is 0. The number of hydrogen-bond donors (Lipinski definition) is 0. The first-order valence-corrected chi connectivity index (χ1v) is 11.2. The average molecular weight is 401 g/mol. The Morgan fingerprint density at radius 2 is 1.97 bits per heavy atom. The lowest BCUT2D eigenvalue weighted by Crippen LogP contribution is -2.52. The maximum absolute atomic E-state index is 12.5. The summed E-state index contributed by atoms with van der Waals surface area (Å²) in [7, 11) is 1.74. The van der Waals surface area contributed by atoms with Crippen LogP contribution in [0.4, 0.5) is 0 Å². The molecular weight excluding hydrogens is 364 g/mol. The number of nitrogens with zero attached hydrogens (tertiary/aromatic N) is 2. The van der Waals surface area contributed by atoms with Gasteiger partial charge in [0, 0.05) is 32.7 Å². The molecule has 0 N–H and O–H groups in total. The summed E-state index contributed by atoms with van der Waals surface area (Å²) in [5.74, 6) is 1.31. The van der Waals surface area contributed by atoms with E-state index in [2.05, 4.69) is 35.8 Å². The van der Waals surface area contributed by atoms with Gasteiger partial charge in [-0.1, -0.05) is 6.07 Å². The van der Waals surface area contributed by atoms with E-state index >= 15 is 0 Å². The lowest BCUT2D eigenvalue weighted by atomic mass is 9.72. The fraction of sp³-hybridized carbons (Fsp3) is 0.708. The normalized spacial score (nSPS) is 25.0. The van der Waals surface area contributed by atoms with Crippen LogP contribution in [-0.2, 0) is 16.1 Å². The lowest BCUT2D eigenvalue weighted by molar-refractivity contribution is -0.141. The van der Waals surface area contributed by atoms with Gasteiger partial charge in [-0.3, -0.25) is 9.69 Å². The molecular formula is C24H36N2O3. The van der Waals surface area contributed by atoms with Gasteiger partial charge in [-0.2, -0.15) is 0 Å². The summed E-state index contributed by atoms with van der Waals surface area (Å²) in [6, 6.07) is 4.31. The smallest absolute Gasteiger partial charge is 0.222 e. The van der Waals surface area contributed by atoms with Crippen molar-refractivity contribution in [3.05, 3.63) is 28.8 Å². The van der Waals surface area contributed by atoms with Crippen LogP contribution in [0.5, 0.6) is 5.75 Å². The van der Waals surface area contributed by atoms with Gasteiger partial charge >= 0.3 is 0 Å². The molecule has 1 atom stereocenters. The molecule has 1 aromatic rings. The zero-order chi connectivity index (χ0) is 20.4. The Kier molecular flexibility index (Phi) is 6.16. The van der Waals surface area contributed by atoms with E-state index in [9.17, 15) is 4.79 Å². The minimum Gasteiger partial charge on any atom is -0.496 e. The van der Waals surface area contributed by atoms with Crippen LogP contribution < -0.4 is 4.74 Å². The van der Waals surface area contributed by atoms with E-state index < -0.39 is 0 Å².